The van der Waals surface area contributed by atoms with Crippen LogP contribution in [0.4, 0.5) is 5.82 Å². The number of rotatable bonds is 5. The van der Waals surface area contributed by atoms with Crippen molar-refractivity contribution in [2.24, 2.45) is 0 Å². The number of hydrogen-bond donors (Lipinski definition) is 1. The molecule has 1 aromatic heterocycles. The summed E-state index contributed by atoms with van der Waals surface area (Å²) in [6, 6.07) is 4.12. The van der Waals surface area contributed by atoms with Crippen molar-refractivity contribution in [3.63, 3.8) is 0 Å². The summed E-state index contributed by atoms with van der Waals surface area (Å²) in [7, 11) is 4.39. The van der Waals surface area contributed by atoms with Crippen LogP contribution in [-0.2, 0) is 0 Å². The van der Waals surface area contributed by atoms with E-state index in [9.17, 15) is 0 Å². The first-order valence-corrected chi connectivity index (χ1v) is 7.78. The maximum atomic E-state index is 4.30. The Morgan fingerprint density at radius 1 is 1.15 bits per heavy atom. The van der Waals surface area contributed by atoms with Gasteiger partial charge in [-0.15, -0.1) is 5.10 Å². The third-order valence-electron chi connectivity index (χ3n) is 4.61. The summed E-state index contributed by atoms with van der Waals surface area (Å²) in [4.78, 5) is 2.38. The fraction of sp³-hybridized carbons (Fsp3) is 0.750. The van der Waals surface area contributed by atoms with E-state index in [0.717, 1.165) is 18.1 Å². The van der Waals surface area contributed by atoms with Crippen LogP contribution in [0, 0.1) is 0 Å². The van der Waals surface area contributed by atoms with Crippen molar-refractivity contribution in [2.75, 3.05) is 26.0 Å². The molecule has 1 fully saturated rings. The van der Waals surface area contributed by atoms with Gasteiger partial charge in [0.05, 0.1) is 5.69 Å². The van der Waals surface area contributed by atoms with Crippen LogP contribution in [-0.4, -0.2) is 41.3 Å². The second-order valence-electron chi connectivity index (χ2n) is 6.53. The van der Waals surface area contributed by atoms with E-state index in [-0.39, 0.29) is 5.54 Å². The van der Waals surface area contributed by atoms with Crippen molar-refractivity contribution < 1.29 is 0 Å². The first-order valence-electron chi connectivity index (χ1n) is 7.78. The van der Waals surface area contributed by atoms with Crippen LogP contribution in [0.3, 0.4) is 0 Å². The molecule has 0 aliphatic heterocycles. The zero-order valence-corrected chi connectivity index (χ0v) is 13.3. The van der Waals surface area contributed by atoms with Gasteiger partial charge in [0.25, 0.3) is 0 Å². The highest BCUT2D eigenvalue weighted by molar-refractivity contribution is 5.34. The molecule has 20 heavy (non-hydrogen) atoms. The lowest BCUT2D eigenvalue weighted by molar-refractivity contribution is 0.113. The van der Waals surface area contributed by atoms with E-state index in [4.69, 9.17) is 0 Å². The molecule has 0 saturated heterocycles. The molecular weight excluding hydrogens is 248 g/mol. The number of hydrogen-bond acceptors (Lipinski definition) is 4. The normalized spacial score (nSPS) is 18.5. The van der Waals surface area contributed by atoms with Crippen LogP contribution in [0.15, 0.2) is 12.1 Å². The third-order valence-corrected chi connectivity index (χ3v) is 4.61. The molecule has 1 N–H and O–H groups in total. The van der Waals surface area contributed by atoms with E-state index in [1.165, 1.54) is 32.1 Å². The van der Waals surface area contributed by atoms with Gasteiger partial charge < -0.3 is 10.2 Å². The molecule has 1 aliphatic rings. The van der Waals surface area contributed by atoms with Gasteiger partial charge in [0.1, 0.15) is 5.82 Å². The topological polar surface area (TPSA) is 41.0 Å². The van der Waals surface area contributed by atoms with Gasteiger partial charge in [-0.25, -0.2) is 0 Å². The summed E-state index contributed by atoms with van der Waals surface area (Å²) >= 11 is 0. The molecule has 0 bridgehead atoms. The summed E-state index contributed by atoms with van der Waals surface area (Å²) in [6.07, 6.45) is 6.57. The molecule has 0 unspecified atom stereocenters. The molecule has 1 heterocycles. The number of likely N-dealkylation sites (N-methyl/N-ethyl adjacent to an activating group) is 1. The van der Waals surface area contributed by atoms with Crippen molar-refractivity contribution in [2.45, 2.75) is 57.4 Å². The van der Waals surface area contributed by atoms with Gasteiger partial charge in [0.2, 0.25) is 0 Å². The van der Waals surface area contributed by atoms with Crippen LogP contribution in [0.2, 0.25) is 0 Å². The maximum Gasteiger partial charge on any atom is 0.148 e. The minimum absolute atomic E-state index is 0.274. The molecule has 4 nitrogen and oxygen atoms in total. The lowest BCUT2D eigenvalue weighted by Crippen LogP contribution is -2.51. The van der Waals surface area contributed by atoms with Crippen LogP contribution in [0.25, 0.3) is 0 Å². The van der Waals surface area contributed by atoms with Gasteiger partial charge in [-0.05, 0) is 45.0 Å². The predicted octanol–water partition coefficient (Wildman–Crippen LogP) is 3.28. The minimum Gasteiger partial charge on any atom is -0.367 e. The average Bonchev–Trinajstić information content (AvgIpc) is 2.46. The van der Waals surface area contributed by atoms with E-state index >= 15 is 0 Å². The number of nitrogens with one attached hydrogen (secondary N) is 1. The molecular formula is C16H28N4. The molecule has 0 spiro atoms. The molecule has 2 rings (SSSR count). The second-order valence-corrected chi connectivity index (χ2v) is 6.53. The van der Waals surface area contributed by atoms with Crippen LogP contribution >= 0.6 is 0 Å². The van der Waals surface area contributed by atoms with Gasteiger partial charge in [0.15, 0.2) is 0 Å². The largest absolute Gasteiger partial charge is 0.367 e. The Kier molecular flexibility index (Phi) is 4.97. The van der Waals surface area contributed by atoms with Crippen molar-refractivity contribution in [1.29, 1.82) is 0 Å². The highest BCUT2D eigenvalue weighted by Crippen LogP contribution is 2.32. The first-order chi connectivity index (χ1) is 9.53. The monoisotopic (exact) mass is 276 g/mol. The molecule has 1 saturated carbocycles. The Balaban J connectivity index is 1.98. The third kappa shape index (κ3) is 3.48. The summed E-state index contributed by atoms with van der Waals surface area (Å²) in [5, 5.41) is 12.1. The van der Waals surface area contributed by atoms with Gasteiger partial charge in [-0.2, -0.15) is 5.10 Å². The molecule has 0 aromatic carbocycles. The standard InChI is InChI=1S/C16H28N4/c1-13(2)14-8-9-15(19-18-14)17-12-16(20(3)4)10-6-5-7-11-16/h8-9,13H,5-7,10-12H2,1-4H3,(H,17,19). The smallest absolute Gasteiger partial charge is 0.148 e. The van der Waals surface area contributed by atoms with Crippen LogP contribution < -0.4 is 5.32 Å². The summed E-state index contributed by atoms with van der Waals surface area (Å²) < 4.78 is 0. The lowest BCUT2D eigenvalue weighted by Gasteiger charge is -2.43. The SMILES string of the molecule is CC(C)c1ccc(NCC2(N(C)C)CCCCC2)nn1. The van der Waals surface area contributed by atoms with Crippen LogP contribution in [0.1, 0.15) is 57.6 Å². The highest BCUT2D eigenvalue weighted by Gasteiger charge is 2.33. The van der Waals surface area contributed by atoms with E-state index in [0.29, 0.717) is 5.92 Å². The second kappa shape index (κ2) is 6.53. The lowest BCUT2D eigenvalue weighted by atomic mass is 9.80. The summed E-state index contributed by atoms with van der Waals surface area (Å²) in [6.45, 7) is 5.23. The molecule has 0 atom stereocenters. The molecule has 0 radical (unpaired) electrons. The highest BCUT2D eigenvalue weighted by atomic mass is 15.2. The number of nitrogens with zero attached hydrogens (tertiary/aromatic N) is 3. The van der Waals surface area contributed by atoms with E-state index in [1.54, 1.807) is 0 Å². The zero-order valence-electron chi connectivity index (χ0n) is 13.3. The van der Waals surface area contributed by atoms with E-state index < -0.39 is 0 Å². The zero-order chi connectivity index (χ0) is 14.6. The molecule has 4 heteroatoms. The fourth-order valence-corrected chi connectivity index (χ4v) is 2.99. The van der Waals surface area contributed by atoms with Gasteiger partial charge >= 0.3 is 0 Å². The maximum absolute atomic E-state index is 4.30. The average molecular weight is 276 g/mol. The van der Waals surface area contributed by atoms with Crippen molar-refractivity contribution in [3.8, 4) is 0 Å². The Bertz CT molecular complexity index is 405. The first kappa shape index (κ1) is 15.2. The Morgan fingerprint density at radius 3 is 2.35 bits per heavy atom. The number of anilines is 1. The molecule has 1 aliphatic carbocycles. The van der Waals surface area contributed by atoms with Gasteiger partial charge in [0, 0.05) is 12.1 Å². The van der Waals surface area contributed by atoms with E-state index in [1.807, 2.05) is 0 Å². The van der Waals surface area contributed by atoms with Crippen molar-refractivity contribution in [1.82, 2.24) is 15.1 Å². The summed E-state index contributed by atoms with van der Waals surface area (Å²) in [5.74, 6) is 1.32. The van der Waals surface area contributed by atoms with Crippen molar-refractivity contribution >= 4 is 5.82 Å². The Labute approximate surface area is 123 Å². The summed E-state index contributed by atoms with van der Waals surface area (Å²) in [5.41, 5.74) is 1.33. The minimum atomic E-state index is 0.274. The molecule has 112 valence electrons. The van der Waals surface area contributed by atoms with Gasteiger partial charge in [-0.3, -0.25) is 0 Å². The quantitative estimate of drug-likeness (QED) is 0.896. The molecule has 1 aromatic rings. The van der Waals surface area contributed by atoms with E-state index in [2.05, 4.69) is 60.5 Å². The molecule has 0 amide bonds. The van der Waals surface area contributed by atoms with Crippen molar-refractivity contribution in [3.05, 3.63) is 17.8 Å². The Morgan fingerprint density at radius 2 is 1.85 bits per heavy atom. The van der Waals surface area contributed by atoms with Crippen LogP contribution in [0.5, 0.6) is 0 Å². The Hall–Kier alpha value is -1.16. The van der Waals surface area contributed by atoms with Gasteiger partial charge in [-0.1, -0.05) is 33.1 Å². The predicted molar refractivity (Wildman–Crippen MR) is 84.1 cm³/mol. The fourth-order valence-electron chi connectivity index (χ4n) is 2.99. The number of aromatic nitrogens is 2.